The van der Waals surface area contributed by atoms with Crippen molar-refractivity contribution in [1.82, 2.24) is 0 Å². The van der Waals surface area contributed by atoms with Crippen molar-refractivity contribution in [2.45, 2.75) is 77.9 Å². The summed E-state index contributed by atoms with van der Waals surface area (Å²) in [7, 11) is -1.77. The summed E-state index contributed by atoms with van der Waals surface area (Å²) in [5.74, 6) is 0.456. The quantitative estimate of drug-likeness (QED) is 0.517. The maximum absolute atomic E-state index is 11.0. The van der Waals surface area contributed by atoms with Crippen LogP contribution < -0.4 is 10.9 Å². The van der Waals surface area contributed by atoms with E-state index < -0.39 is 8.07 Å². The Bertz CT molecular complexity index is 773. The van der Waals surface area contributed by atoms with Crippen LogP contribution in [0.25, 0.3) is 0 Å². The van der Waals surface area contributed by atoms with Crippen molar-refractivity contribution in [3.63, 3.8) is 0 Å². The molecule has 27 heavy (non-hydrogen) atoms. The monoisotopic (exact) mass is 383 g/mol. The number of rotatable bonds is 3. The zero-order chi connectivity index (χ0) is 20.8. The van der Waals surface area contributed by atoms with E-state index in [4.69, 9.17) is 5.73 Å². The number of anilines is 1. The van der Waals surface area contributed by atoms with Gasteiger partial charge in [-0.3, -0.25) is 0 Å². The summed E-state index contributed by atoms with van der Waals surface area (Å²) in [4.78, 5) is 0. The van der Waals surface area contributed by atoms with Gasteiger partial charge in [-0.25, -0.2) is 0 Å². The van der Waals surface area contributed by atoms with Crippen molar-refractivity contribution < 1.29 is 5.11 Å². The van der Waals surface area contributed by atoms with Crippen molar-refractivity contribution in [1.29, 1.82) is 0 Å². The molecule has 0 aliphatic carbocycles. The van der Waals surface area contributed by atoms with Gasteiger partial charge in [0.15, 0.2) is 0 Å². The number of nitrogen functional groups attached to an aromatic ring is 1. The highest BCUT2D eigenvalue weighted by molar-refractivity contribution is 6.90. The number of hydrogen-bond acceptors (Lipinski definition) is 2. The highest BCUT2D eigenvalue weighted by Crippen LogP contribution is 2.42. The molecule has 1 unspecified atom stereocenters. The highest BCUT2D eigenvalue weighted by atomic mass is 28.3. The predicted molar refractivity (Wildman–Crippen MR) is 122 cm³/mol. The zero-order valence-electron chi connectivity index (χ0n) is 18.6. The summed E-state index contributed by atoms with van der Waals surface area (Å²) >= 11 is 0. The van der Waals surface area contributed by atoms with E-state index in [0.717, 1.165) is 16.8 Å². The van der Waals surface area contributed by atoms with E-state index in [9.17, 15) is 5.11 Å². The summed E-state index contributed by atoms with van der Waals surface area (Å²) in [6.07, 6.45) is 0. The van der Waals surface area contributed by atoms with Crippen LogP contribution >= 0.6 is 0 Å². The molecule has 0 fully saturated rings. The number of nitrogens with two attached hydrogens (primary N) is 1. The lowest BCUT2D eigenvalue weighted by atomic mass is 9.78. The summed E-state index contributed by atoms with van der Waals surface area (Å²) in [6, 6.07) is 12.9. The van der Waals surface area contributed by atoms with E-state index in [0.29, 0.717) is 11.3 Å². The molecule has 2 aromatic carbocycles. The molecule has 0 saturated carbocycles. The van der Waals surface area contributed by atoms with Crippen LogP contribution in [0.4, 0.5) is 5.69 Å². The average Bonchev–Trinajstić information content (AvgIpc) is 2.52. The number of benzene rings is 2. The Labute approximate surface area is 166 Å². The van der Waals surface area contributed by atoms with E-state index in [2.05, 4.69) is 85.8 Å². The Kier molecular flexibility index (Phi) is 5.60. The molecule has 1 atom stereocenters. The van der Waals surface area contributed by atoms with Crippen molar-refractivity contribution in [2.75, 3.05) is 5.73 Å². The molecule has 0 aliphatic heterocycles. The fraction of sp³-hybridized carbons (Fsp3) is 0.500. The van der Waals surface area contributed by atoms with Crippen LogP contribution in [-0.2, 0) is 10.8 Å². The van der Waals surface area contributed by atoms with Crippen molar-refractivity contribution in [3.05, 3.63) is 53.1 Å². The standard InChI is InChI=1S/C24H37NOSi/c1-16(27(8,9)19-12-10-18(25)11-13-19)17-14-20(23(2,3)4)22(26)21(15-17)24(5,6)7/h10-16,26H,25H2,1-9H3. The topological polar surface area (TPSA) is 46.2 Å². The van der Waals surface area contributed by atoms with Gasteiger partial charge >= 0.3 is 0 Å². The van der Waals surface area contributed by atoms with Gasteiger partial charge in [-0.15, -0.1) is 0 Å². The smallest absolute Gasteiger partial charge is 0.123 e. The fourth-order valence-corrected chi connectivity index (χ4v) is 6.16. The molecule has 0 aliphatic rings. The SMILES string of the molecule is CC(c1cc(C(C)(C)C)c(O)c(C(C)(C)C)c1)[Si](C)(C)c1ccc(N)cc1. The first-order chi connectivity index (χ1) is 12.2. The van der Waals surface area contributed by atoms with Crippen LogP contribution in [0.5, 0.6) is 5.75 Å². The molecule has 0 radical (unpaired) electrons. The Morgan fingerprint density at radius 1 is 0.852 bits per heavy atom. The minimum absolute atomic E-state index is 0.104. The van der Waals surface area contributed by atoms with Crippen LogP contribution in [0.3, 0.4) is 0 Å². The lowest BCUT2D eigenvalue weighted by molar-refractivity contribution is 0.422. The van der Waals surface area contributed by atoms with Gasteiger partial charge in [-0.2, -0.15) is 0 Å². The van der Waals surface area contributed by atoms with Crippen LogP contribution in [0.1, 0.15) is 70.7 Å². The third-order valence-electron chi connectivity index (χ3n) is 5.99. The molecule has 0 amide bonds. The van der Waals surface area contributed by atoms with E-state index >= 15 is 0 Å². The van der Waals surface area contributed by atoms with E-state index in [1.807, 2.05) is 12.1 Å². The zero-order valence-corrected chi connectivity index (χ0v) is 19.6. The fourth-order valence-electron chi connectivity index (χ4n) is 3.63. The predicted octanol–water partition coefficient (Wildman–Crippen LogP) is 5.83. The summed E-state index contributed by atoms with van der Waals surface area (Å²) < 4.78 is 0. The first-order valence-electron chi connectivity index (χ1n) is 9.89. The highest BCUT2D eigenvalue weighted by Gasteiger charge is 2.34. The van der Waals surface area contributed by atoms with E-state index in [-0.39, 0.29) is 10.8 Å². The maximum Gasteiger partial charge on any atom is 0.123 e. The van der Waals surface area contributed by atoms with Crippen LogP contribution in [0.15, 0.2) is 36.4 Å². The van der Waals surface area contributed by atoms with Crippen molar-refractivity contribution >= 4 is 18.9 Å². The molecule has 0 heterocycles. The normalized spacial score (nSPS) is 14.3. The molecule has 0 bridgehead atoms. The number of phenols is 1. The molecular formula is C24H37NOSi. The number of phenolic OH excluding ortho intramolecular Hbond substituents is 1. The van der Waals surface area contributed by atoms with Gasteiger partial charge in [0.25, 0.3) is 0 Å². The summed E-state index contributed by atoms with van der Waals surface area (Å²) in [5.41, 5.74) is 10.3. The lowest BCUT2D eigenvalue weighted by Crippen LogP contribution is -2.46. The van der Waals surface area contributed by atoms with Gasteiger partial charge in [0.05, 0.1) is 8.07 Å². The van der Waals surface area contributed by atoms with E-state index in [1.54, 1.807) is 0 Å². The first kappa shape index (κ1) is 21.6. The average molecular weight is 384 g/mol. The van der Waals surface area contributed by atoms with Gasteiger partial charge in [0.2, 0.25) is 0 Å². The van der Waals surface area contributed by atoms with Crippen LogP contribution in [0.2, 0.25) is 13.1 Å². The lowest BCUT2D eigenvalue weighted by Gasteiger charge is -2.34. The van der Waals surface area contributed by atoms with E-state index in [1.165, 1.54) is 10.8 Å². The number of aromatic hydroxyl groups is 1. The largest absolute Gasteiger partial charge is 0.507 e. The van der Waals surface area contributed by atoms with Crippen LogP contribution in [0, 0.1) is 0 Å². The van der Waals surface area contributed by atoms with Gasteiger partial charge in [-0.05, 0) is 45.2 Å². The second-order valence-corrected chi connectivity index (χ2v) is 15.4. The third kappa shape index (κ3) is 4.40. The molecule has 2 nitrogen and oxygen atoms in total. The molecule has 0 aromatic heterocycles. The van der Waals surface area contributed by atoms with Crippen LogP contribution in [-0.4, -0.2) is 13.2 Å². The molecule has 2 rings (SSSR count). The molecule has 3 N–H and O–H groups in total. The molecule has 3 heteroatoms. The molecule has 2 aromatic rings. The summed E-state index contributed by atoms with van der Waals surface area (Å²) in [5, 5.41) is 12.4. The number of hydrogen-bond donors (Lipinski definition) is 2. The Morgan fingerprint density at radius 3 is 1.63 bits per heavy atom. The first-order valence-corrected chi connectivity index (χ1v) is 13.0. The van der Waals surface area contributed by atoms with Crippen molar-refractivity contribution in [3.8, 4) is 5.75 Å². The Hall–Kier alpha value is -1.74. The minimum atomic E-state index is -1.77. The maximum atomic E-state index is 11.0. The molecule has 0 spiro atoms. The minimum Gasteiger partial charge on any atom is -0.507 e. The third-order valence-corrected chi connectivity index (χ3v) is 10.3. The van der Waals surface area contributed by atoms with Gasteiger partial charge < -0.3 is 10.8 Å². The molecular weight excluding hydrogens is 346 g/mol. The molecule has 0 saturated heterocycles. The second-order valence-electron chi connectivity index (χ2n) is 10.5. The van der Waals surface area contributed by atoms with Crippen molar-refractivity contribution in [2.24, 2.45) is 0 Å². The second kappa shape index (κ2) is 7.01. The summed E-state index contributed by atoms with van der Waals surface area (Å²) in [6.45, 7) is 20.2. The molecule has 148 valence electrons. The van der Waals surface area contributed by atoms with Gasteiger partial charge in [0, 0.05) is 5.69 Å². The Balaban J connectivity index is 2.64. The van der Waals surface area contributed by atoms with Gasteiger partial charge in [0.1, 0.15) is 5.75 Å². The van der Waals surface area contributed by atoms with Gasteiger partial charge in [-0.1, -0.05) is 91.0 Å². The Morgan fingerprint density at radius 2 is 1.26 bits per heavy atom.